The molecule has 23 heavy (non-hydrogen) atoms. The summed E-state index contributed by atoms with van der Waals surface area (Å²) in [6, 6.07) is 9.52. The summed E-state index contributed by atoms with van der Waals surface area (Å²) in [7, 11) is -1.83. The topological polar surface area (TPSA) is 93.5 Å². The Balaban J connectivity index is 1.90. The summed E-state index contributed by atoms with van der Waals surface area (Å²) in [5.74, 6) is 0.753. The molecule has 0 spiro atoms. The van der Waals surface area contributed by atoms with Crippen molar-refractivity contribution < 1.29 is 8.42 Å². The number of imidazole rings is 1. The molecule has 0 amide bonds. The van der Waals surface area contributed by atoms with Gasteiger partial charge in [0.25, 0.3) is 0 Å². The third kappa shape index (κ3) is 3.02. The van der Waals surface area contributed by atoms with E-state index in [1.165, 1.54) is 0 Å². The van der Waals surface area contributed by atoms with Crippen LogP contribution in [0.1, 0.15) is 18.4 Å². The van der Waals surface area contributed by atoms with Crippen LogP contribution >= 0.6 is 0 Å². The Morgan fingerprint density at radius 2 is 1.91 bits per heavy atom. The average Bonchev–Trinajstić information content (AvgIpc) is 3.16. The lowest BCUT2D eigenvalue weighted by molar-refractivity contribution is 0.584. The van der Waals surface area contributed by atoms with Gasteiger partial charge in [0.2, 0.25) is 15.0 Å². The van der Waals surface area contributed by atoms with Crippen molar-refractivity contribution in [2.45, 2.75) is 24.3 Å². The molecule has 120 valence electrons. The van der Waals surface area contributed by atoms with E-state index in [2.05, 4.69) is 20.2 Å². The Labute approximate surface area is 134 Å². The number of aromatic nitrogens is 5. The first-order valence-electron chi connectivity index (χ1n) is 7.21. The van der Waals surface area contributed by atoms with Crippen LogP contribution in [0.2, 0.25) is 0 Å². The second kappa shape index (κ2) is 5.96. The number of nitrogens with one attached hydrogen (secondary N) is 1. The summed E-state index contributed by atoms with van der Waals surface area (Å²) < 4.78 is 26.6. The minimum Gasteiger partial charge on any atom is -0.333 e. The van der Waals surface area contributed by atoms with Crippen LogP contribution in [0.3, 0.4) is 0 Å². The van der Waals surface area contributed by atoms with Gasteiger partial charge in [-0.15, -0.1) is 10.2 Å². The van der Waals surface area contributed by atoms with Crippen molar-refractivity contribution in [3.8, 4) is 11.4 Å². The highest BCUT2D eigenvalue weighted by molar-refractivity contribution is 7.90. The van der Waals surface area contributed by atoms with Crippen LogP contribution in [0.25, 0.3) is 11.4 Å². The van der Waals surface area contributed by atoms with E-state index >= 15 is 0 Å². The zero-order chi connectivity index (χ0) is 16.4. The number of H-pyrrole nitrogens is 1. The van der Waals surface area contributed by atoms with Crippen molar-refractivity contribution in [3.63, 3.8) is 0 Å². The summed E-state index contributed by atoms with van der Waals surface area (Å²) in [5.41, 5.74) is 1.67. The first-order valence-corrected chi connectivity index (χ1v) is 8.87. The van der Waals surface area contributed by atoms with Gasteiger partial charge in [-0.2, -0.15) is 0 Å². The highest BCUT2D eigenvalue weighted by Gasteiger charge is 2.23. The van der Waals surface area contributed by atoms with Crippen molar-refractivity contribution >= 4 is 9.84 Å². The summed E-state index contributed by atoms with van der Waals surface area (Å²) in [6.45, 7) is 1.93. The molecule has 0 bridgehead atoms. The predicted molar refractivity (Wildman–Crippen MR) is 85.3 cm³/mol. The average molecular weight is 331 g/mol. The van der Waals surface area contributed by atoms with Crippen molar-refractivity contribution in [1.29, 1.82) is 0 Å². The largest absolute Gasteiger partial charge is 0.333 e. The molecule has 2 aromatic heterocycles. The molecule has 3 aromatic rings. The molecule has 0 fully saturated rings. The van der Waals surface area contributed by atoms with Crippen molar-refractivity contribution in [2.75, 3.05) is 0 Å². The van der Waals surface area contributed by atoms with Crippen LogP contribution in [0.4, 0.5) is 0 Å². The van der Waals surface area contributed by atoms with E-state index in [9.17, 15) is 8.42 Å². The summed E-state index contributed by atoms with van der Waals surface area (Å²) in [4.78, 5) is 6.77. The summed E-state index contributed by atoms with van der Waals surface area (Å²) in [5, 5.41) is 8.10. The quantitative estimate of drug-likeness (QED) is 0.768. The molecule has 0 atom stereocenters. The van der Waals surface area contributed by atoms with Gasteiger partial charge in [0, 0.05) is 24.5 Å². The number of aromatic amines is 1. The molecule has 0 saturated heterocycles. The van der Waals surface area contributed by atoms with Crippen molar-refractivity contribution in [3.05, 3.63) is 48.0 Å². The molecule has 0 saturated carbocycles. The smallest absolute Gasteiger partial charge is 0.225 e. The molecular formula is C15H17N5O2S. The van der Waals surface area contributed by atoms with Gasteiger partial charge in [-0.1, -0.05) is 37.3 Å². The zero-order valence-electron chi connectivity index (χ0n) is 12.9. The normalized spacial score (nSPS) is 11.7. The van der Waals surface area contributed by atoms with Crippen LogP contribution in [0.15, 0.2) is 41.7 Å². The number of rotatable bonds is 5. The lowest BCUT2D eigenvalue weighted by Gasteiger charge is -2.04. The van der Waals surface area contributed by atoms with Gasteiger partial charge < -0.3 is 9.55 Å². The van der Waals surface area contributed by atoms with Gasteiger partial charge in [0.15, 0.2) is 5.82 Å². The van der Waals surface area contributed by atoms with Crippen LogP contribution in [0.5, 0.6) is 0 Å². The number of aryl methyl sites for hydroxylation is 1. The fourth-order valence-electron chi connectivity index (χ4n) is 2.24. The first kappa shape index (κ1) is 15.4. The second-order valence-corrected chi connectivity index (χ2v) is 7.10. The molecule has 1 N–H and O–H groups in total. The van der Waals surface area contributed by atoms with Crippen LogP contribution in [-0.4, -0.2) is 33.2 Å². The van der Waals surface area contributed by atoms with Crippen molar-refractivity contribution in [1.82, 2.24) is 24.7 Å². The molecule has 0 aliphatic carbocycles. The van der Waals surface area contributed by atoms with Gasteiger partial charge in [0.05, 0.1) is 0 Å². The SMILES string of the molecule is CCc1cnc(S(=O)(=O)Cc2nnc(-c3ccccc3)n2C)[nH]1. The highest BCUT2D eigenvalue weighted by atomic mass is 32.2. The Bertz CT molecular complexity index is 913. The minimum atomic E-state index is -3.58. The van der Waals surface area contributed by atoms with Gasteiger partial charge >= 0.3 is 0 Å². The third-order valence-electron chi connectivity index (χ3n) is 3.60. The summed E-state index contributed by atoms with van der Waals surface area (Å²) in [6.07, 6.45) is 2.24. The van der Waals surface area contributed by atoms with Gasteiger partial charge in [0.1, 0.15) is 11.6 Å². The second-order valence-electron chi connectivity index (χ2n) is 5.19. The molecule has 0 aliphatic heterocycles. The Hall–Kier alpha value is -2.48. The third-order valence-corrected chi connectivity index (χ3v) is 5.03. The Kier molecular flexibility index (Phi) is 3.99. The lowest BCUT2D eigenvalue weighted by Crippen LogP contribution is -2.11. The van der Waals surface area contributed by atoms with E-state index in [4.69, 9.17) is 0 Å². The van der Waals surface area contributed by atoms with E-state index in [1.54, 1.807) is 17.8 Å². The van der Waals surface area contributed by atoms with Crippen molar-refractivity contribution in [2.24, 2.45) is 7.05 Å². The van der Waals surface area contributed by atoms with Gasteiger partial charge in [-0.3, -0.25) is 0 Å². The highest BCUT2D eigenvalue weighted by Crippen LogP contribution is 2.19. The molecule has 8 heteroatoms. The standard InChI is InChI=1S/C15H17N5O2S/c1-3-12-9-16-15(17-12)23(21,22)10-13-18-19-14(20(13)2)11-7-5-4-6-8-11/h4-9H,3,10H2,1-2H3,(H,16,17). The first-order chi connectivity index (χ1) is 11.0. The van der Waals surface area contributed by atoms with E-state index in [-0.39, 0.29) is 10.9 Å². The molecule has 1 aromatic carbocycles. The molecule has 0 unspecified atom stereocenters. The molecule has 3 rings (SSSR count). The van der Waals surface area contributed by atoms with Crippen LogP contribution < -0.4 is 0 Å². The zero-order valence-corrected chi connectivity index (χ0v) is 13.7. The fourth-order valence-corrected chi connectivity index (χ4v) is 3.47. The molecule has 0 radical (unpaired) electrons. The van der Waals surface area contributed by atoms with E-state index in [1.807, 2.05) is 37.3 Å². The number of hydrogen-bond acceptors (Lipinski definition) is 5. The molecule has 0 aliphatic rings. The number of nitrogens with zero attached hydrogens (tertiary/aromatic N) is 4. The van der Waals surface area contributed by atoms with E-state index in [0.29, 0.717) is 18.1 Å². The molecular weight excluding hydrogens is 314 g/mol. The molecule has 2 heterocycles. The minimum absolute atomic E-state index is 0.0291. The van der Waals surface area contributed by atoms with Crippen LogP contribution in [0, 0.1) is 0 Å². The molecule has 7 nitrogen and oxygen atoms in total. The number of hydrogen-bond donors (Lipinski definition) is 1. The number of sulfone groups is 1. The van der Waals surface area contributed by atoms with E-state index in [0.717, 1.165) is 11.3 Å². The maximum absolute atomic E-state index is 12.5. The van der Waals surface area contributed by atoms with E-state index < -0.39 is 9.84 Å². The Morgan fingerprint density at radius 1 is 1.17 bits per heavy atom. The van der Waals surface area contributed by atoms with Crippen LogP contribution in [-0.2, 0) is 29.1 Å². The monoisotopic (exact) mass is 331 g/mol. The lowest BCUT2D eigenvalue weighted by atomic mass is 10.2. The maximum Gasteiger partial charge on any atom is 0.225 e. The Morgan fingerprint density at radius 3 is 2.57 bits per heavy atom. The summed E-state index contributed by atoms with van der Waals surface area (Å²) >= 11 is 0. The van der Waals surface area contributed by atoms with Gasteiger partial charge in [-0.25, -0.2) is 13.4 Å². The fraction of sp³-hybridized carbons (Fsp3) is 0.267. The number of benzene rings is 1. The van der Waals surface area contributed by atoms with Gasteiger partial charge in [-0.05, 0) is 6.42 Å². The predicted octanol–water partition coefficient (Wildman–Crippen LogP) is 1.74. The maximum atomic E-state index is 12.5.